The summed E-state index contributed by atoms with van der Waals surface area (Å²) in [5.74, 6) is -1.50. The van der Waals surface area contributed by atoms with Gasteiger partial charge in [0.05, 0.1) is 18.6 Å². The molecule has 0 aliphatic carbocycles. The highest BCUT2D eigenvalue weighted by Gasteiger charge is 2.18. The molecule has 14 heavy (non-hydrogen) atoms. The van der Waals surface area contributed by atoms with Gasteiger partial charge in [0.15, 0.2) is 17.3 Å². The highest BCUT2D eigenvalue weighted by atomic mass is 35.5. The smallest absolute Gasteiger partial charge is 0.183 e. The lowest BCUT2D eigenvalue weighted by molar-refractivity contribution is 0.101. The second kappa shape index (κ2) is 4.28. The van der Waals surface area contributed by atoms with Crippen LogP contribution in [0.15, 0.2) is 12.1 Å². The number of hydrogen-bond donors (Lipinski definition) is 1. The van der Waals surface area contributed by atoms with E-state index in [2.05, 4.69) is 0 Å². The summed E-state index contributed by atoms with van der Waals surface area (Å²) in [5.41, 5.74) is 5.68. The normalized spacial score (nSPS) is 9.93. The molecular weight excluding hydrogens is 209 g/mol. The Hall–Kier alpha value is -1.29. The number of carbonyl (C=O) groups is 1. The summed E-state index contributed by atoms with van der Waals surface area (Å²) in [5, 5.41) is 0. The van der Waals surface area contributed by atoms with Gasteiger partial charge in [-0.25, -0.2) is 4.39 Å². The second-order valence-corrected chi connectivity index (χ2v) is 2.87. The van der Waals surface area contributed by atoms with Crippen LogP contribution in [0.5, 0.6) is 5.75 Å². The highest BCUT2D eigenvalue weighted by molar-refractivity contribution is 6.31. The van der Waals surface area contributed by atoms with Gasteiger partial charge in [-0.15, -0.1) is 11.6 Å². The molecule has 0 aromatic heterocycles. The Kier molecular flexibility index (Phi) is 3.30. The number of nitrogens with two attached hydrogens (primary N) is 1. The number of methoxy groups -OCH3 is 1. The van der Waals surface area contributed by atoms with E-state index in [1.807, 2.05) is 0 Å². The van der Waals surface area contributed by atoms with Crippen LogP contribution in [0.2, 0.25) is 0 Å². The largest absolute Gasteiger partial charge is 0.493 e. The van der Waals surface area contributed by atoms with E-state index >= 15 is 0 Å². The number of benzene rings is 1. The fraction of sp³-hybridized carbons (Fsp3) is 0.222. The third-order valence-electron chi connectivity index (χ3n) is 1.75. The van der Waals surface area contributed by atoms with Crippen molar-refractivity contribution in [3.05, 3.63) is 23.5 Å². The topological polar surface area (TPSA) is 52.3 Å². The van der Waals surface area contributed by atoms with Gasteiger partial charge in [-0.2, -0.15) is 0 Å². The predicted octanol–water partition coefficient (Wildman–Crippen LogP) is 1.84. The number of halogens is 2. The molecule has 1 aromatic rings. The maximum absolute atomic E-state index is 13.2. The fourth-order valence-electron chi connectivity index (χ4n) is 1.13. The summed E-state index contributed by atoms with van der Waals surface area (Å²) in [7, 11) is 1.27. The molecule has 0 aliphatic heterocycles. The van der Waals surface area contributed by atoms with Crippen LogP contribution in [-0.4, -0.2) is 18.8 Å². The molecule has 0 atom stereocenters. The van der Waals surface area contributed by atoms with Crippen molar-refractivity contribution >= 4 is 23.1 Å². The third kappa shape index (κ3) is 1.80. The van der Waals surface area contributed by atoms with Crippen molar-refractivity contribution < 1.29 is 13.9 Å². The second-order valence-electron chi connectivity index (χ2n) is 2.60. The van der Waals surface area contributed by atoms with Crippen LogP contribution in [0.4, 0.5) is 10.1 Å². The van der Waals surface area contributed by atoms with Crippen LogP contribution in [0, 0.1) is 5.82 Å². The Labute approximate surface area is 85.6 Å². The number of carbonyl (C=O) groups excluding carboxylic acids is 1. The Bertz CT molecular complexity index is 368. The zero-order valence-electron chi connectivity index (χ0n) is 7.51. The molecule has 0 saturated heterocycles. The standard InChI is InChI=1S/C9H9ClFNO2/c1-14-9-5(11)2-3-6(12)8(9)7(13)4-10/h2-3H,4,12H2,1H3. The van der Waals surface area contributed by atoms with E-state index in [0.29, 0.717) is 0 Å². The summed E-state index contributed by atoms with van der Waals surface area (Å²) in [4.78, 5) is 11.3. The van der Waals surface area contributed by atoms with Gasteiger partial charge in [0.2, 0.25) is 0 Å². The summed E-state index contributed by atoms with van der Waals surface area (Å²) >= 11 is 5.36. The summed E-state index contributed by atoms with van der Waals surface area (Å²) < 4.78 is 17.9. The molecule has 1 rings (SSSR count). The Morgan fingerprint density at radius 3 is 2.79 bits per heavy atom. The molecule has 0 amide bonds. The Morgan fingerprint density at radius 2 is 2.29 bits per heavy atom. The molecule has 0 spiro atoms. The van der Waals surface area contributed by atoms with Crippen molar-refractivity contribution in [1.82, 2.24) is 0 Å². The van der Waals surface area contributed by atoms with Crippen molar-refractivity contribution in [2.45, 2.75) is 0 Å². The van der Waals surface area contributed by atoms with Gasteiger partial charge in [-0.3, -0.25) is 4.79 Å². The molecule has 2 N–H and O–H groups in total. The molecule has 0 unspecified atom stereocenters. The van der Waals surface area contributed by atoms with E-state index in [1.54, 1.807) is 0 Å². The zero-order chi connectivity index (χ0) is 10.7. The van der Waals surface area contributed by atoms with Crippen LogP contribution in [0.25, 0.3) is 0 Å². The summed E-state index contributed by atoms with van der Waals surface area (Å²) in [6.07, 6.45) is 0. The third-order valence-corrected chi connectivity index (χ3v) is 1.99. The van der Waals surface area contributed by atoms with Gasteiger partial charge >= 0.3 is 0 Å². The quantitative estimate of drug-likeness (QED) is 0.478. The average Bonchev–Trinajstić information content (AvgIpc) is 2.19. The molecule has 0 bridgehead atoms. The van der Waals surface area contributed by atoms with E-state index in [0.717, 1.165) is 6.07 Å². The molecule has 76 valence electrons. The molecule has 0 radical (unpaired) electrons. The van der Waals surface area contributed by atoms with E-state index in [9.17, 15) is 9.18 Å². The molecule has 0 heterocycles. The summed E-state index contributed by atoms with van der Waals surface area (Å²) in [6.45, 7) is 0. The number of alkyl halides is 1. The van der Waals surface area contributed by atoms with Crippen LogP contribution in [-0.2, 0) is 0 Å². The highest BCUT2D eigenvalue weighted by Crippen LogP contribution is 2.28. The lowest BCUT2D eigenvalue weighted by Gasteiger charge is -2.09. The van der Waals surface area contributed by atoms with Gasteiger partial charge in [0.25, 0.3) is 0 Å². The minimum absolute atomic E-state index is 0.00231. The van der Waals surface area contributed by atoms with Gasteiger partial charge in [-0.1, -0.05) is 0 Å². The Balaban J connectivity index is 3.37. The first kappa shape index (κ1) is 10.8. The van der Waals surface area contributed by atoms with Crippen molar-refractivity contribution in [3.63, 3.8) is 0 Å². The molecule has 0 fully saturated rings. The maximum atomic E-state index is 13.2. The SMILES string of the molecule is COc1c(F)ccc(N)c1C(=O)CCl. The molecule has 0 aliphatic rings. The Morgan fingerprint density at radius 1 is 1.64 bits per heavy atom. The first-order valence-electron chi connectivity index (χ1n) is 3.83. The van der Waals surface area contributed by atoms with Crippen LogP contribution < -0.4 is 10.5 Å². The zero-order valence-corrected chi connectivity index (χ0v) is 8.27. The van der Waals surface area contributed by atoms with Gasteiger partial charge in [0.1, 0.15) is 0 Å². The monoisotopic (exact) mass is 217 g/mol. The van der Waals surface area contributed by atoms with Crippen molar-refractivity contribution in [1.29, 1.82) is 0 Å². The van der Waals surface area contributed by atoms with Crippen molar-refractivity contribution in [3.8, 4) is 5.75 Å². The number of anilines is 1. The summed E-state index contributed by atoms with van der Waals surface area (Å²) in [6, 6.07) is 2.44. The minimum Gasteiger partial charge on any atom is -0.493 e. The van der Waals surface area contributed by atoms with E-state index in [-0.39, 0.29) is 22.9 Å². The van der Waals surface area contributed by atoms with Crippen LogP contribution in [0.3, 0.4) is 0 Å². The lowest BCUT2D eigenvalue weighted by Crippen LogP contribution is -2.08. The average molecular weight is 218 g/mol. The number of nitrogen functional groups attached to an aromatic ring is 1. The maximum Gasteiger partial charge on any atom is 0.183 e. The van der Waals surface area contributed by atoms with Gasteiger partial charge in [0, 0.05) is 5.69 Å². The van der Waals surface area contributed by atoms with Crippen LogP contribution >= 0.6 is 11.6 Å². The lowest BCUT2D eigenvalue weighted by atomic mass is 10.1. The molecule has 3 nitrogen and oxygen atoms in total. The molecule has 1 aromatic carbocycles. The molecular formula is C9H9ClFNO2. The number of rotatable bonds is 3. The van der Waals surface area contributed by atoms with E-state index < -0.39 is 11.6 Å². The number of ketones is 1. The molecule has 5 heteroatoms. The van der Waals surface area contributed by atoms with Crippen LogP contribution in [0.1, 0.15) is 10.4 Å². The van der Waals surface area contributed by atoms with Crippen molar-refractivity contribution in [2.24, 2.45) is 0 Å². The fourth-order valence-corrected chi connectivity index (χ4v) is 1.26. The number of ether oxygens (including phenoxy) is 1. The van der Waals surface area contributed by atoms with Crippen molar-refractivity contribution in [2.75, 3.05) is 18.7 Å². The first-order chi connectivity index (χ1) is 6.61. The predicted molar refractivity (Wildman–Crippen MR) is 52.4 cm³/mol. The van der Waals surface area contributed by atoms with Gasteiger partial charge < -0.3 is 10.5 Å². The first-order valence-corrected chi connectivity index (χ1v) is 4.36. The van der Waals surface area contributed by atoms with Gasteiger partial charge in [-0.05, 0) is 12.1 Å². The number of hydrogen-bond acceptors (Lipinski definition) is 3. The van der Waals surface area contributed by atoms with E-state index in [4.69, 9.17) is 22.1 Å². The minimum atomic E-state index is -0.629. The van der Waals surface area contributed by atoms with E-state index in [1.165, 1.54) is 13.2 Å². The molecule has 0 saturated carbocycles. The number of Topliss-reactive ketones (excluding diaryl/α,β-unsaturated/α-hetero) is 1.